The van der Waals surface area contributed by atoms with Crippen LogP contribution in [-0.4, -0.2) is 38.8 Å². The van der Waals surface area contributed by atoms with Gasteiger partial charge >= 0.3 is 0 Å². The molecule has 0 aromatic heterocycles. The molecule has 0 aliphatic carbocycles. The van der Waals surface area contributed by atoms with Gasteiger partial charge in [0.15, 0.2) is 11.6 Å². The Hall–Kier alpha value is -1.66. The average Bonchev–Trinajstić information content (AvgIpc) is 2.46. The van der Waals surface area contributed by atoms with Crippen molar-refractivity contribution in [2.75, 3.05) is 26.8 Å². The van der Waals surface area contributed by atoms with Crippen molar-refractivity contribution in [2.45, 2.75) is 12.6 Å². The largest absolute Gasteiger partial charge is 0.494 e. The zero-order valence-electron chi connectivity index (χ0n) is 10.7. The van der Waals surface area contributed by atoms with Crippen LogP contribution in [0.5, 0.6) is 5.75 Å². The molecular weight excluding hydrogens is 251 g/mol. The molecule has 1 fully saturated rings. The minimum Gasteiger partial charge on any atom is -0.494 e. The minimum absolute atomic E-state index is 0.190. The fraction of sp³-hybridized carbons (Fsp3) is 0.462. The van der Waals surface area contributed by atoms with Crippen LogP contribution >= 0.6 is 0 Å². The highest BCUT2D eigenvalue weighted by atomic mass is 19.1. The SMILES string of the molecule is COc1ccc(CNC(=O)C2CNCCO2)cc1F. The molecule has 1 saturated heterocycles. The molecule has 0 saturated carbocycles. The third-order valence-electron chi connectivity index (χ3n) is 2.90. The van der Waals surface area contributed by atoms with Gasteiger partial charge in [-0.2, -0.15) is 0 Å². The molecule has 1 aromatic rings. The Bertz CT molecular complexity index is 448. The van der Waals surface area contributed by atoms with Crippen molar-refractivity contribution in [3.63, 3.8) is 0 Å². The normalized spacial score (nSPS) is 18.9. The number of benzene rings is 1. The topological polar surface area (TPSA) is 59.6 Å². The fourth-order valence-electron chi connectivity index (χ4n) is 1.86. The van der Waals surface area contributed by atoms with Gasteiger partial charge in [0.2, 0.25) is 0 Å². The number of carbonyl (C=O) groups is 1. The van der Waals surface area contributed by atoms with Crippen LogP contribution in [-0.2, 0) is 16.1 Å². The summed E-state index contributed by atoms with van der Waals surface area (Å²) in [4.78, 5) is 11.8. The van der Waals surface area contributed by atoms with E-state index in [0.29, 0.717) is 18.7 Å². The predicted molar refractivity (Wildman–Crippen MR) is 67.4 cm³/mol. The van der Waals surface area contributed by atoms with E-state index in [-0.39, 0.29) is 18.2 Å². The molecule has 1 heterocycles. The summed E-state index contributed by atoms with van der Waals surface area (Å²) in [6, 6.07) is 4.59. The Morgan fingerprint density at radius 2 is 2.47 bits per heavy atom. The van der Waals surface area contributed by atoms with Crippen molar-refractivity contribution in [3.8, 4) is 5.75 Å². The van der Waals surface area contributed by atoms with E-state index in [0.717, 1.165) is 6.54 Å². The number of carbonyl (C=O) groups excluding carboxylic acids is 1. The molecule has 0 bridgehead atoms. The Kier molecular flexibility index (Phi) is 4.70. The Labute approximate surface area is 111 Å². The van der Waals surface area contributed by atoms with E-state index in [2.05, 4.69) is 10.6 Å². The van der Waals surface area contributed by atoms with Crippen molar-refractivity contribution in [3.05, 3.63) is 29.6 Å². The van der Waals surface area contributed by atoms with Crippen molar-refractivity contribution in [1.29, 1.82) is 0 Å². The van der Waals surface area contributed by atoms with E-state index in [9.17, 15) is 9.18 Å². The maximum absolute atomic E-state index is 13.5. The zero-order valence-corrected chi connectivity index (χ0v) is 10.7. The van der Waals surface area contributed by atoms with E-state index in [4.69, 9.17) is 9.47 Å². The standard InChI is InChI=1S/C13H17FN2O3/c1-18-11-3-2-9(6-10(11)14)7-16-13(17)12-8-15-4-5-19-12/h2-3,6,12,15H,4-5,7-8H2,1H3,(H,16,17). The van der Waals surface area contributed by atoms with Crippen LogP contribution in [0.3, 0.4) is 0 Å². The number of methoxy groups -OCH3 is 1. The van der Waals surface area contributed by atoms with Gasteiger partial charge in [0, 0.05) is 19.6 Å². The summed E-state index contributed by atoms with van der Waals surface area (Å²) in [6.45, 7) is 2.05. The summed E-state index contributed by atoms with van der Waals surface area (Å²) >= 11 is 0. The van der Waals surface area contributed by atoms with Crippen molar-refractivity contribution in [2.24, 2.45) is 0 Å². The molecule has 1 aliphatic rings. The van der Waals surface area contributed by atoms with E-state index >= 15 is 0 Å². The van der Waals surface area contributed by atoms with Crippen molar-refractivity contribution in [1.82, 2.24) is 10.6 Å². The highest BCUT2D eigenvalue weighted by Crippen LogP contribution is 2.17. The Morgan fingerprint density at radius 3 is 3.11 bits per heavy atom. The molecular formula is C13H17FN2O3. The monoisotopic (exact) mass is 268 g/mol. The van der Waals surface area contributed by atoms with Crippen LogP contribution in [0.1, 0.15) is 5.56 Å². The summed E-state index contributed by atoms with van der Waals surface area (Å²) < 4.78 is 23.6. The van der Waals surface area contributed by atoms with E-state index in [1.54, 1.807) is 6.07 Å². The summed E-state index contributed by atoms with van der Waals surface area (Å²) in [5.74, 6) is -0.442. The maximum Gasteiger partial charge on any atom is 0.250 e. The second kappa shape index (κ2) is 6.49. The summed E-state index contributed by atoms with van der Waals surface area (Å²) in [5, 5.41) is 5.80. The number of nitrogens with one attached hydrogen (secondary N) is 2. The van der Waals surface area contributed by atoms with Gasteiger partial charge in [-0.3, -0.25) is 4.79 Å². The third kappa shape index (κ3) is 3.65. The molecule has 2 N–H and O–H groups in total. The second-order valence-corrected chi connectivity index (χ2v) is 4.25. The number of amides is 1. The maximum atomic E-state index is 13.5. The zero-order chi connectivity index (χ0) is 13.7. The van der Waals surface area contributed by atoms with Crippen LogP contribution in [0.15, 0.2) is 18.2 Å². The van der Waals surface area contributed by atoms with Gasteiger partial charge in [-0.25, -0.2) is 4.39 Å². The van der Waals surface area contributed by atoms with Crippen LogP contribution in [0, 0.1) is 5.82 Å². The molecule has 1 atom stereocenters. The lowest BCUT2D eigenvalue weighted by atomic mass is 10.2. The van der Waals surface area contributed by atoms with Gasteiger partial charge in [0.05, 0.1) is 13.7 Å². The van der Waals surface area contributed by atoms with Gasteiger partial charge in [0.1, 0.15) is 6.10 Å². The third-order valence-corrected chi connectivity index (χ3v) is 2.90. The lowest BCUT2D eigenvalue weighted by Gasteiger charge is -2.22. The van der Waals surface area contributed by atoms with E-state index < -0.39 is 11.9 Å². The number of ether oxygens (including phenoxy) is 2. The number of halogens is 1. The van der Waals surface area contributed by atoms with Crippen LogP contribution in [0.2, 0.25) is 0 Å². The first-order valence-corrected chi connectivity index (χ1v) is 6.13. The fourth-order valence-corrected chi connectivity index (χ4v) is 1.86. The molecule has 6 heteroatoms. The first-order valence-electron chi connectivity index (χ1n) is 6.13. The summed E-state index contributed by atoms with van der Waals surface area (Å²) in [5.41, 5.74) is 0.676. The van der Waals surface area contributed by atoms with Crippen molar-refractivity contribution < 1.29 is 18.7 Å². The highest BCUT2D eigenvalue weighted by Gasteiger charge is 2.21. The molecule has 1 aliphatic heterocycles. The molecule has 0 radical (unpaired) electrons. The van der Waals surface area contributed by atoms with Crippen molar-refractivity contribution >= 4 is 5.91 Å². The quantitative estimate of drug-likeness (QED) is 0.832. The first kappa shape index (κ1) is 13.8. The lowest BCUT2D eigenvalue weighted by molar-refractivity contribution is -0.134. The predicted octanol–water partition coefficient (Wildman–Crippen LogP) is 0.439. The molecule has 1 amide bonds. The minimum atomic E-state index is -0.475. The number of rotatable bonds is 4. The second-order valence-electron chi connectivity index (χ2n) is 4.25. The van der Waals surface area contributed by atoms with Gasteiger partial charge in [-0.05, 0) is 17.7 Å². The van der Waals surface area contributed by atoms with Crippen LogP contribution in [0.25, 0.3) is 0 Å². The van der Waals surface area contributed by atoms with E-state index in [1.807, 2.05) is 0 Å². The Balaban J connectivity index is 1.87. The number of hydrogen-bond donors (Lipinski definition) is 2. The van der Waals surface area contributed by atoms with Gasteiger partial charge in [-0.15, -0.1) is 0 Å². The molecule has 104 valence electrons. The summed E-state index contributed by atoms with van der Waals surface area (Å²) in [7, 11) is 1.41. The van der Waals surface area contributed by atoms with Gasteiger partial charge in [-0.1, -0.05) is 6.07 Å². The smallest absolute Gasteiger partial charge is 0.250 e. The molecule has 19 heavy (non-hydrogen) atoms. The van der Waals surface area contributed by atoms with Crippen LogP contribution < -0.4 is 15.4 Å². The molecule has 1 unspecified atom stereocenters. The molecule has 1 aromatic carbocycles. The van der Waals surface area contributed by atoms with E-state index in [1.165, 1.54) is 19.2 Å². The first-order chi connectivity index (χ1) is 9.20. The number of morpholine rings is 1. The van der Waals surface area contributed by atoms with Crippen LogP contribution in [0.4, 0.5) is 4.39 Å². The van der Waals surface area contributed by atoms with Gasteiger partial charge in [0.25, 0.3) is 5.91 Å². The Morgan fingerprint density at radius 1 is 1.63 bits per heavy atom. The van der Waals surface area contributed by atoms with Gasteiger partial charge < -0.3 is 20.1 Å². The number of hydrogen-bond acceptors (Lipinski definition) is 4. The molecule has 5 nitrogen and oxygen atoms in total. The highest BCUT2D eigenvalue weighted by molar-refractivity contribution is 5.81. The molecule has 2 rings (SSSR count). The average molecular weight is 268 g/mol. The summed E-state index contributed by atoms with van der Waals surface area (Å²) in [6.07, 6.45) is -0.475. The lowest BCUT2D eigenvalue weighted by Crippen LogP contribution is -2.47. The molecule has 0 spiro atoms.